The van der Waals surface area contributed by atoms with E-state index in [0.717, 1.165) is 0 Å². The maximum absolute atomic E-state index is 7.95. The zero-order valence-electron chi connectivity index (χ0n) is 3.75. The van der Waals surface area contributed by atoms with Crippen LogP contribution in [0.25, 0.3) is 0 Å². The fourth-order valence-electron chi connectivity index (χ4n) is 0. The van der Waals surface area contributed by atoms with Gasteiger partial charge in [0, 0.05) is 0 Å². The molecule has 7 heavy (non-hydrogen) atoms. The van der Waals surface area contributed by atoms with Gasteiger partial charge in [0.05, 0.1) is 0 Å². The number of rotatable bonds is 1. The highest BCUT2D eigenvalue weighted by Crippen LogP contribution is 2.16. The lowest BCUT2D eigenvalue weighted by Crippen LogP contribution is -2.18. The molecule has 0 aliphatic carbocycles. The zero-order chi connectivity index (χ0) is 5.21. The van der Waals surface area contributed by atoms with Gasteiger partial charge in [-0.05, 0) is 15.2 Å². The molecular formula is C2H8ClO3P. The summed E-state index contributed by atoms with van der Waals surface area (Å²) in [6, 6.07) is 0. The Labute approximate surface area is 49.6 Å². The first-order valence-corrected chi connectivity index (χ1v) is 2.92. The smallest absolute Gasteiger partial charge is 0.290 e. The lowest BCUT2D eigenvalue weighted by Gasteiger charge is -2.08. The monoisotopic (exact) mass is 146 g/mol. The Morgan fingerprint density at radius 2 is 1.43 bits per heavy atom. The van der Waals surface area contributed by atoms with Gasteiger partial charge < -0.3 is 15.3 Å². The van der Waals surface area contributed by atoms with Crippen molar-refractivity contribution in [1.82, 2.24) is 0 Å². The molecule has 0 saturated carbocycles. The molecule has 0 spiro atoms. The Morgan fingerprint density at radius 1 is 1.29 bits per heavy atom. The quantitative estimate of drug-likeness (QED) is 0.339. The van der Waals surface area contributed by atoms with Crippen LogP contribution in [0.1, 0.15) is 0 Å². The number of hydrogen-bond donors (Lipinski definition) is 3. The van der Waals surface area contributed by atoms with E-state index in [2.05, 4.69) is 0 Å². The summed E-state index contributed by atoms with van der Waals surface area (Å²) in [6.07, 6.45) is 0. The Morgan fingerprint density at radius 3 is 1.43 bits per heavy atom. The molecule has 0 aromatic rings. The van der Waals surface area contributed by atoms with Crippen LogP contribution in [0, 0.1) is 0 Å². The van der Waals surface area contributed by atoms with Gasteiger partial charge in [-0.1, -0.05) is 0 Å². The lowest BCUT2D eigenvalue weighted by molar-refractivity contribution is -0.237. The minimum atomic E-state index is -2.43. The highest BCUT2D eigenvalue weighted by atomic mass is 35.5. The van der Waals surface area contributed by atoms with Crippen LogP contribution in [0.3, 0.4) is 0 Å². The van der Waals surface area contributed by atoms with E-state index in [1.807, 2.05) is 0 Å². The second-order valence-corrected chi connectivity index (χ2v) is 2.06. The van der Waals surface area contributed by atoms with Gasteiger partial charge in [-0.15, -0.1) is 12.4 Å². The zero-order valence-corrected chi connectivity index (χ0v) is 5.57. The summed E-state index contributed by atoms with van der Waals surface area (Å²) in [5.41, 5.74) is -2.43. The minimum Gasteiger partial charge on any atom is -0.340 e. The normalized spacial score (nSPS) is 12.0. The van der Waals surface area contributed by atoms with Gasteiger partial charge in [-0.3, -0.25) is 0 Å². The molecule has 0 saturated heterocycles. The van der Waals surface area contributed by atoms with Crippen LogP contribution in [0.4, 0.5) is 0 Å². The van der Waals surface area contributed by atoms with Gasteiger partial charge in [-0.2, -0.15) is 0 Å². The van der Waals surface area contributed by atoms with Crippen LogP contribution in [-0.2, 0) is 0 Å². The third-order valence-corrected chi connectivity index (χ3v) is 1.01. The highest BCUT2D eigenvalue weighted by Gasteiger charge is 2.11. The molecule has 3 nitrogen and oxygen atoms in total. The first-order chi connectivity index (χ1) is 2.56. The van der Waals surface area contributed by atoms with Crippen LogP contribution >= 0.6 is 21.0 Å². The van der Waals surface area contributed by atoms with Gasteiger partial charge in [0.25, 0.3) is 5.71 Å². The first kappa shape index (κ1) is 10.6. The average molecular weight is 147 g/mol. The Kier molecular flexibility index (Phi) is 5.40. The van der Waals surface area contributed by atoms with Gasteiger partial charge in [0.1, 0.15) is 0 Å². The lowest BCUT2D eigenvalue weighted by atomic mass is 11.3. The van der Waals surface area contributed by atoms with Crippen LogP contribution in [-0.4, -0.2) is 27.7 Å². The van der Waals surface area contributed by atoms with E-state index < -0.39 is 5.71 Å². The van der Waals surface area contributed by atoms with Gasteiger partial charge in [0.15, 0.2) is 0 Å². The molecule has 0 aliphatic heterocycles. The van der Waals surface area contributed by atoms with Crippen molar-refractivity contribution in [2.45, 2.75) is 5.71 Å². The van der Waals surface area contributed by atoms with E-state index in [-0.39, 0.29) is 21.0 Å². The number of halogens is 1. The van der Waals surface area contributed by atoms with E-state index in [1.54, 1.807) is 0 Å². The molecule has 0 bridgehead atoms. The van der Waals surface area contributed by atoms with Crippen molar-refractivity contribution in [2.75, 3.05) is 6.66 Å². The molecule has 3 N–H and O–H groups in total. The van der Waals surface area contributed by atoms with Gasteiger partial charge in [-0.25, -0.2) is 0 Å². The maximum atomic E-state index is 7.95. The van der Waals surface area contributed by atoms with E-state index >= 15 is 0 Å². The second kappa shape index (κ2) is 3.58. The van der Waals surface area contributed by atoms with Gasteiger partial charge in [0.2, 0.25) is 0 Å². The van der Waals surface area contributed by atoms with Crippen LogP contribution in [0.15, 0.2) is 0 Å². The second-order valence-electron chi connectivity index (χ2n) is 0.885. The first-order valence-electron chi connectivity index (χ1n) is 1.42. The SMILES string of the molecule is CPC(O)(O)O.Cl. The summed E-state index contributed by atoms with van der Waals surface area (Å²) >= 11 is 0. The molecule has 0 rings (SSSR count). The Balaban J connectivity index is 0. The van der Waals surface area contributed by atoms with Crippen molar-refractivity contribution in [2.24, 2.45) is 0 Å². The van der Waals surface area contributed by atoms with Crippen LogP contribution in [0.5, 0.6) is 0 Å². The summed E-state index contributed by atoms with van der Waals surface area (Å²) in [6.45, 7) is 1.49. The maximum Gasteiger partial charge on any atom is 0.290 e. The average Bonchev–Trinajstić information content (AvgIpc) is 1.35. The van der Waals surface area contributed by atoms with Crippen molar-refractivity contribution in [3.63, 3.8) is 0 Å². The van der Waals surface area contributed by atoms with Crippen LogP contribution < -0.4 is 0 Å². The molecule has 1 atom stereocenters. The molecular weight excluding hydrogens is 138 g/mol. The standard InChI is InChI=1S/C2H7O3P.ClH/c1-6-2(3,4)5;/h3-6H,1H3;1H. The summed E-state index contributed by atoms with van der Waals surface area (Å²) in [5, 5.41) is 23.8. The van der Waals surface area contributed by atoms with E-state index in [1.165, 1.54) is 6.66 Å². The highest BCUT2D eigenvalue weighted by molar-refractivity contribution is 7.38. The molecule has 46 valence electrons. The topological polar surface area (TPSA) is 60.7 Å². The molecule has 0 heterocycles. The van der Waals surface area contributed by atoms with Crippen molar-refractivity contribution < 1.29 is 15.3 Å². The Hall–Kier alpha value is 0.600. The molecule has 0 aliphatic rings. The minimum absolute atomic E-state index is 0. The van der Waals surface area contributed by atoms with Crippen LogP contribution in [0.2, 0.25) is 0 Å². The van der Waals surface area contributed by atoms with Crippen molar-refractivity contribution in [1.29, 1.82) is 0 Å². The third-order valence-electron chi connectivity index (χ3n) is 0.335. The molecule has 0 radical (unpaired) electrons. The summed E-state index contributed by atoms with van der Waals surface area (Å²) in [7, 11) is -0.266. The fourth-order valence-corrected chi connectivity index (χ4v) is 0. The molecule has 1 unspecified atom stereocenters. The third kappa shape index (κ3) is 10.8. The largest absolute Gasteiger partial charge is 0.340 e. The van der Waals surface area contributed by atoms with Crippen molar-refractivity contribution in [3.05, 3.63) is 0 Å². The molecule has 0 aromatic heterocycles. The van der Waals surface area contributed by atoms with Crippen molar-refractivity contribution >= 4 is 21.0 Å². The summed E-state index contributed by atoms with van der Waals surface area (Å²) in [5.74, 6) is 0. The molecule has 0 fully saturated rings. The van der Waals surface area contributed by atoms with Gasteiger partial charge >= 0.3 is 0 Å². The predicted molar refractivity (Wildman–Crippen MR) is 30.9 cm³/mol. The Bertz CT molecular complexity index is 42.7. The molecule has 5 heteroatoms. The number of aliphatic hydroxyl groups is 3. The van der Waals surface area contributed by atoms with Crippen molar-refractivity contribution in [3.8, 4) is 0 Å². The fraction of sp³-hybridized carbons (Fsp3) is 1.00. The molecule has 0 amide bonds. The molecule has 0 aromatic carbocycles. The number of hydrogen-bond acceptors (Lipinski definition) is 3. The predicted octanol–water partition coefficient (Wildman–Crippen LogP) is -0.695. The van der Waals surface area contributed by atoms with E-state index in [4.69, 9.17) is 15.3 Å². The van der Waals surface area contributed by atoms with E-state index in [0.29, 0.717) is 0 Å². The van der Waals surface area contributed by atoms with E-state index in [9.17, 15) is 0 Å². The summed E-state index contributed by atoms with van der Waals surface area (Å²) in [4.78, 5) is 0. The summed E-state index contributed by atoms with van der Waals surface area (Å²) < 4.78 is 0.